The number of hydrogen-bond acceptors (Lipinski definition) is 3. The van der Waals surface area contributed by atoms with Gasteiger partial charge in [0.2, 0.25) is 5.91 Å². The third kappa shape index (κ3) is 3.26. The van der Waals surface area contributed by atoms with Crippen molar-refractivity contribution in [2.45, 2.75) is 52.9 Å². The van der Waals surface area contributed by atoms with Crippen LogP contribution in [-0.2, 0) is 4.79 Å². The first-order valence-corrected chi connectivity index (χ1v) is 10.2. The first-order chi connectivity index (χ1) is 12.5. The van der Waals surface area contributed by atoms with Crippen molar-refractivity contribution < 1.29 is 4.79 Å². The van der Waals surface area contributed by atoms with Crippen LogP contribution in [-0.4, -0.2) is 31.3 Å². The molecule has 2 bridgehead atoms. The minimum Gasteiger partial charge on any atom is -0.364 e. The molecule has 1 aromatic rings. The molecule has 3 unspecified atom stereocenters. The molecule has 4 nitrogen and oxygen atoms in total. The third-order valence-corrected chi connectivity index (χ3v) is 6.69. The van der Waals surface area contributed by atoms with Gasteiger partial charge in [-0.15, -0.1) is 0 Å². The first-order valence-electron chi connectivity index (χ1n) is 10.2. The molecule has 0 spiro atoms. The predicted octanol–water partition coefficient (Wildman–Crippen LogP) is 4.35. The highest BCUT2D eigenvalue weighted by Crippen LogP contribution is 2.48. The number of fused-ring (bicyclic) bond motifs is 2. The lowest BCUT2D eigenvalue weighted by molar-refractivity contribution is -0.121. The quantitative estimate of drug-likeness (QED) is 0.874. The SMILES string of the molecule is CCC1=NCCN(c2cc(C)c(NC(=O)C3CC4CCC3C4)c(C)c2)C1. The fourth-order valence-corrected chi connectivity index (χ4v) is 5.22. The van der Waals surface area contributed by atoms with Gasteiger partial charge in [0, 0.05) is 29.5 Å². The molecule has 4 rings (SSSR count). The summed E-state index contributed by atoms with van der Waals surface area (Å²) in [6.45, 7) is 9.18. The molecule has 0 aromatic heterocycles. The molecule has 140 valence electrons. The number of aryl methyl sites for hydroxylation is 2. The molecule has 1 amide bonds. The average Bonchev–Trinajstić information content (AvgIpc) is 3.28. The summed E-state index contributed by atoms with van der Waals surface area (Å²) < 4.78 is 0. The number of anilines is 2. The van der Waals surface area contributed by atoms with Crippen LogP contribution in [0, 0.1) is 31.6 Å². The lowest BCUT2D eigenvalue weighted by atomic mass is 9.88. The van der Waals surface area contributed by atoms with E-state index in [2.05, 4.69) is 48.1 Å². The summed E-state index contributed by atoms with van der Waals surface area (Å²) in [5, 5.41) is 3.27. The van der Waals surface area contributed by atoms with Crippen molar-refractivity contribution in [1.82, 2.24) is 0 Å². The first kappa shape index (κ1) is 17.6. The zero-order valence-electron chi connectivity index (χ0n) is 16.3. The van der Waals surface area contributed by atoms with Crippen molar-refractivity contribution in [3.8, 4) is 0 Å². The van der Waals surface area contributed by atoms with Gasteiger partial charge < -0.3 is 10.2 Å². The summed E-state index contributed by atoms with van der Waals surface area (Å²) in [6.07, 6.45) is 5.97. The lowest BCUT2D eigenvalue weighted by Gasteiger charge is -2.30. The van der Waals surface area contributed by atoms with Crippen LogP contribution in [0.4, 0.5) is 11.4 Å². The molecule has 4 heteroatoms. The number of carbonyl (C=O) groups is 1. The van der Waals surface area contributed by atoms with Gasteiger partial charge in [-0.2, -0.15) is 0 Å². The molecular formula is C22H31N3O. The Bertz CT molecular complexity index is 716. The summed E-state index contributed by atoms with van der Waals surface area (Å²) in [5.41, 5.74) is 5.87. The fourth-order valence-electron chi connectivity index (χ4n) is 5.22. The predicted molar refractivity (Wildman–Crippen MR) is 108 cm³/mol. The van der Waals surface area contributed by atoms with Gasteiger partial charge in [0.15, 0.2) is 0 Å². The van der Waals surface area contributed by atoms with Crippen LogP contribution in [0.2, 0.25) is 0 Å². The topological polar surface area (TPSA) is 44.7 Å². The van der Waals surface area contributed by atoms with Gasteiger partial charge in [0.25, 0.3) is 0 Å². The van der Waals surface area contributed by atoms with Crippen molar-refractivity contribution in [2.75, 3.05) is 29.9 Å². The third-order valence-electron chi connectivity index (χ3n) is 6.69. The zero-order chi connectivity index (χ0) is 18.3. The Morgan fingerprint density at radius 2 is 2.00 bits per heavy atom. The van der Waals surface area contributed by atoms with Crippen molar-refractivity contribution in [1.29, 1.82) is 0 Å². The van der Waals surface area contributed by atoms with E-state index in [9.17, 15) is 4.79 Å². The van der Waals surface area contributed by atoms with Gasteiger partial charge in [-0.05, 0) is 74.6 Å². The van der Waals surface area contributed by atoms with E-state index in [4.69, 9.17) is 0 Å². The molecule has 0 radical (unpaired) electrons. The zero-order valence-corrected chi connectivity index (χ0v) is 16.3. The van der Waals surface area contributed by atoms with Gasteiger partial charge in [-0.25, -0.2) is 0 Å². The second-order valence-corrected chi connectivity index (χ2v) is 8.45. The number of nitrogens with zero attached hydrogens (tertiary/aromatic N) is 2. The Hall–Kier alpha value is -1.84. The van der Waals surface area contributed by atoms with E-state index in [0.717, 1.165) is 55.2 Å². The highest BCUT2D eigenvalue weighted by Gasteiger charge is 2.43. The molecule has 26 heavy (non-hydrogen) atoms. The van der Waals surface area contributed by atoms with Gasteiger partial charge in [0.05, 0.1) is 13.1 Å². The lowest BCUT2D eigenvalue weighted by Crippen LogP contribution is -2.36. The van der Waals surface area contributed by atoms with E-state index in [1.54, 1.807) is 0 Å². The van der Waals surface area contributed by atoms with Crippen LogP contribution in [0.3, 0.4) is 0 Å². The monoisotopic (exact) mass is 353 g/mol. The van der Waals surface area contributed by atoms with Crippen molar-refractivity contribution in [2.24, 2.45) is 22.7 Å². The highest BCUT2D eigenvalue weighted by molar-refractivity contribution is 5.95. The van der Waals surface area contributed by atoms with Crippen molar-refractivity contribution in [3.63, 3.8) is 0 Å². The maximum absolute atomic E-state index is 12.8. The van der Waals surface area contributed by atoms with Gasteiger partial charge in [-0.3, -0.25) is 9.79 Å². The number of aliphatic imine (C=N–C) groups is 1. The number of carbonyl (C=O) groups excluding carboxylic acids is 1. The van der Waals surface area contributed by atoms with E-state index in [1.165, 1.54) is 30.7 Å². The van der Waals surface area contributed by atoms with Gasteiger partial charge in [0.1, 0.15) is 0 Å². The Labute approximate surface area is 157 Å². The molecule has 1 N–H and O–H groups in total. The number of amides is 1. The molecule has 1 heterocycles. The molecule has 3 aliphatic rings. The van der Waals surface area contributed by atoms with Gasteiger partial charge in [-0.1, -0.05) is 13.3 Å². The highest BCUT2D eigenvalue weighted by atomic mass is 16.1. The van der Waals surface area contributed by atoms with Crippen molar-refractivity contribution >= 4 is 23.0 Å². The summed E-state index contributed by atoms with van der Waals surface area (Å²) in [4.78, 5) is 19.9. The molecule has 3 atom stereocenters. The molecule has 1 aliphatic heterocycles. The maximum atomic E-state index is 12.8. The van der Waals surface area contributed by atoms with Crippen LogP contribution in [0.1, 0.15) is 50.2 Å². The normalized spacial score (nSPS) is 27.6. The summed E-state index contributed by atoms with van der Waals surface area (Å²) >= 11 is 0. The van der Waals surface area contributed by atoms with Crippen LogP contribution in [0.25, 0.3) is 0 Å². The number of rotatable bonds is 4. The Morgan fingerprint density at radius 1 is 1.23 bits per heavy atom. The van der Waals surface area contributed by atoms with E-state index >= 15 is 0 Å². The number of hydrogen-bond donors (Lipinski definition) is 1. The summed E-state index contributed by atoms with van der Waals surface area (Å²) in [5.74, 6) is 1.90. The number of nitrogens with one attached hydrogen (secondary N) is 1. The standard InChI is InChI=1S/C22H31N3O/c1-4-18-13-25(8-7-23-18)19-9-14(2)21(15(3)10-19)24-22(26)20-12-16-5-6-17(20)11-16/h9-10,16-17,20H,4-8,11-13H2,1-3H3,(H,24,26). The summed E-state index contributed by atoms with van der Waals surface area (Å²) in [6, 6.07) is 4.45. The molecule has 2 saturated carbocycles. The smallest absolute Gasteiger partial charge is 0.227 e. The fraction of sp³-hybridized carbons (Fsp3) is 0.636. The van der Waals surface area contributed by atoms with Crippen molar-refractivity contribution in [3.05, 3.63) is 23.3 Å². The second kappa shape index (κ2) is 7.05. The van der Waals surface area contributed by atoms with Crippen LogP contribution < -0.4 is 10.2 Å². The van der Waals surface area contributed by atoms with Gasteiger partial charge >= 0.3 is 0 Å². The van der Waals surface area contributed by atoms with Crippen LogP contribution >= 0.6 is 0 Å². The van der Waals surface area contributed by atoms with E-state index < -0.39 is 0 Å². The molecular weight excluding hydrogens is 322 g/mol. The molecule has 2 fully saturated rings. The molecule has 1 aromatic carbocycles. The van der Waals surface area contributed by atoms with E-state index in [0.29, 0.717) is 5.92 Å². The minimum atomic E-state index is 0.234. The second-order valence-electron chi connectivity index (χ2n) is 8.45. The summed E-state index contributed by atoms with van der Waals surface area (Å²) in [7, 11) is 0. The Balaban J connectivity index is 1.49. The number of benzene rings is 1. The maximum Gasteiger partial charge on any atom is 0.227 e. The van der Waals surface area contributed by atoms with E-state index in [1.807, 2.05) is 0 Å². The molecule has 2 aliphatic carbocycles. The van der Waals surface area contributed by atoms with Crippen LogP contribution in [0.15, 0.2) is 17.1 Å². The molecule has 0 saturated heterocycles. The van der Waals surface area contributed by atoms with Crippen LogP contribution in [0.5, 0.6) is 0 Å². The van der Waals surface area contributed by atoms with E-state index in [-0.39, 0.29) is 11.8 Å². The minimum absolute atomic E-state index is 0.234. The largest absolute Gasteiger partial charge is 0.364 e. The Morgan fingerprint density at radius 3 is 2.62 bits per heavy atom. The average molecular weight is 354 g/mol. The Kier molecular flexibility index (Phi) is 4.76.